The number of hydrogen-bond donors (Lipinski definition) is 0. The highest BCUT2D eigenvalue weighted by Gasteiger charge is 2.30. The predicted molar refractivity (Wildman–Crippen MR) is 79.5 cm³/mol. The standard InChI is InChI=1S/C15H20N2O4/c1-11-6-5-8-13(17(19)20)15(11)16-9-4-3-7-12(16)10-14(18)21-2/h5-6,8,12H,3-4,7,9-10H2,1-2H3. The van der Waals surface area contributed by atoms with Crippen molar-refractivity contribution in [3.05, 3.63) is 33.9 Å². The Hall–Kier alpha value is -2.11. The van der Waals surface area contributed by atoms with Crippen molar-refractivity contribution >= 4 is 17.3 Å². The second-order valence-electron chi connectivity index (χ2n) is 5.32. The van der Waals surface area contributed by atoms with Gasteiger partial charge in [0, 0.05) is 18.7 Å². The van der Waals surface area contributed by atoms with Gasteiger partial charge in [0.05, 0.1) is 18.5 Å². The molecule has 6 heteroatoms. The number of nitro groups is 1. The molecule has 1 aliphatic rings. The van der Waals surface area contributed by atoms with Crippen molar-refractivity contribution in [2.75, 3.05) is 18.6 Å². The van der Waals surface area contributed by atoms with Crippen LogP contribution in [0.2, 0.25) is 0 Å². The first-order valence-corrected chi connectivity index (χ1v) is 7.12. The summed E-state index contributed by atoms with van der Waals surface area (Å²) in [6.07, 6.45) is 3.11. The second kappa shape index (κ2) is 6.56. The van der Waals surface area contributed by atoms with Crippen LogP contribution < -0.4 is 4.90 Å². The molecular weight excluding hydrogens is 272 g/mol. The number of methoxy groups -OCH3 is 1. The molecule has 0 radical (unpaired) electrons. The highest BCUT2D eigenvalue weighted by atomic mass is 16.6. The van der Waals surface area contributed by atoms with E-state index in [1.807, 2.05) is 17.9 Å². The van der Waals surface area contributed by atoms with Gasteiger partial charge in [0.2, 0.25) is 0 Å². The fraction of sp³-hybridized carbons (Fsp3) is 0.533. The number of nitro benzene ring substituents is 1. The summed E-state index contributed by atoms with van der Waals surface area (Å²) in [6, 6.07) is 5.04. The van der Waals surface area contributed by atoms with Crippen molar-refractivity contribution in [2.24, 2.45) is 0 Å². The van der Waals surface area contributed by atoms with Gasteiger partial charge in [-0.3, -0.25) is 14.9 Å². The molecule has 0 bridgehead atoms. The Labute approximate surface area is 123 Å². The molecule has 1 aromatic rings. The summed E-state index contributed by atoms with van der Waals surface area (Å²) in [5.41, 5.74) is 1.60. The number of nitrogens with zero attached hydrogens (tertiary/aromatic N) is 2. The molecule has 1 heterocycles. The van der Waals surface area contributed by atoms with Crippen LogP contribution in [0.5, 0.6) is 0 Å². The molecule has 21 heavy (non-hydrogen) atoms. The van der Waals surface area contributed by atoms with Gasteiger partial charge in [0.25, 0.3) is 5.69 Å². The highest BCUT2D eigenvalue weighted by molar-refractivity contribution is 5.73. The molecule has 6 nitrogen and oxygen atoms in total. The number of ether oxygens (including phenoxy) is 1. The van der Waals surface area contributed by atoms with Gasteiger partial charge >= 0.3 is 5.97 Å². The topological polar surface area (TPSA) is 72.7 Å². The van der Waals surface area contributed by atoms with E-state index >= 15 is 0 Å². The smallest absolute Gasteiger partial charge is 0.307 e. The molecule has 1 unspecified atom stereocenters. The Bertz CT molecular complexity index is 544. The van der Waals surface area contributed by atoms with Crippen LogP contribution in [0.25, 0.3) is 0 Å². The first kappa shape index (κ1) is 15.3. The lowest BCUT2D eigenvalue weighted by atomic mass is 9.97. The first-order chi connectivity index (χ1) is 10.0. The van der Waals surface area contributed by atoms with Gasteiger partial charge in [0.1, 0.15) is 5.69 Å². The number of benzene rings is 1. The number of carbonyl (C=O) groups is 1. The fourth-order valence-electron chi connectivity index (χ4n) is 2.95. The van der Waals surface area contributed by atoms with E-state index in [-0.39, 0.29) is 29.0 Å². The Morgan fingerprint density at radius 2 is 2.24 bits per heavy atom. The molecule has 0 aliphatic carbocycles. The summed E-state index contributed by atoms with van der Waals surface area (Å²) in [6.45, 7) is 2.60. The maximum atomic E-state index is 11.6. The zero-order valence-corrected chi connectivity index (χ0v) is 12.4. The summed E-state index contributed by atoms with van der Waals surface area (Å²) in [7, 11) is 1.37. The quantitative estimate of drug-likeness (QED) is 0.484. The van der Waals surface area contributed by atoms with E-state index < -0.39 is 0 Å². The normalized spacial score (nSPS) is 18.4. The summed E-state index contributed by atoms with van der Waals surface area (Å²) >= 11 is 0. The van der Waals surface area contributed by atoms with Gasteiger partial charge in [-0.05, 0) is 31.7 Å². The van der Waals surface area contributed by atoms with Crippen molar-refractivity contribution in [3.8, 4) is 0 Å². The SMILES string of the molecule is COC(=O)CC1CCCCN1c1c(C)cccc1[N+](=O)[O-]. The summed E-state index contributed by atoms with van der Waals surface area (Å²) in [4.78, 5) is 24.5. The molecule has 1 atom stereocenters. The number of carbonyl (C=O) groups excluding carboxylic acids is 1. The van der Waals surface area contributed by atoms with Crippen LogP contribution in [0.1, 0.15) is 31.2 Å². The number of rotatable bonds is 4. The lowest BCUT2D eigenvalue weighted by Crippen LogP contribution is -2.41. The average molecular weight is 292 g/mol. The minimum absolute atomic E-state index is 0.0361. The molecular formula is C15H20N2O4. The number of anilines is 1. The maximum absolute atomic E-state index is 11.6. The lowest BCUT2D eigenvalue weighted by Gasteiger charge is -2.37. The molecule has 0 N–H and O–H groups in total. The Morgan fingerprint density at radius 3 is 2.90 bits per heavy atom. The third-order valence-electron chi connectivity index (χ3n) is 3.96. The number of piperidine rings is 1. The lowest BCUT2D eigenvalue weighted by molar-refractivity contribution is -0.384. The van der Waals surface area contributed by atoms with Crippen LogP contribution in [0.3, 0.4) is 0 Å². The largest absolute Gasteiger partial charge is 0.469 e. The monoisotopic (exact) mass is 292 g/mol. The van der Waals surface area contributed by atoms with Crippen molar-refractivity contribution in [3.63, 3.8) is 0 Å². The minimum Gasteiger partial charge on any atom is -0.469 e. The van der Waals surface area contributed by atoms with Crippen molar-refractivity contribution in [2.45, 2.75) is 38.6 Å². The number of esters is 1. The van der Waals surface area contributed by atoms with Crippen molar-refractivity contribution in [1.29, 1.82) is 0 Å². The number of hydrogen-bond acceptors (Lipinski definition) is 5. The molecule has 0 amide bonds. The van der Waals surface area contributed by atoms with Gasteiger partial charge in [-0.2, -0.15) is 0 Å². The number of para-hydroxylation sites is 1. The van der Waals surface area contributed by atoms with Gasteiger partial charge in [-0.1, -0.05) is 12.1 Å². The van der Waals surface area contributed by atoms with Crippen LogP contribution in [-0.4, -0.2) is 30.6 Å². The molecule has 114 valence electrons. The molecule has 2 rings (SSSR count). The van der Waals surface area contributed by atoms with E-state index in [0.717, 1.165) is 31.4 Å². The van der Waals surface area contributed by atoms with Crippen LogP contribution >= 0.6 is 0 Å². The Balaban J connectivity index is 2.37. The fourth-order valence-corrected chi connectivity index (χ4v) is 2.95. The molecule has 1 aliphatic heterocycles. The first-order valence-electron chi connectivity index (χ1n) is 7.12. The van der Waals surface area contributed by atoms with E-state index in [4.69, 9.17) is 4.74 Å². The van der Waals surface area contributed by atoms with Crippen molar-refractivity contribution in [1.82, 2.24) is 0 Å². The van der Waals surface area contributed by atoms with E-state index in [0.29, 0.717) is 5.69 Å². The van der Waals surface area contributed by atoms with E-state index in [1.165, 1.54) is 13.2 Å². The zero-order chi connectivity index (χ0) is 15.4. The van der Waals surface area contributed by atoms with Gasteiger partial charge < -0.3 is 9.64 Å². The molecule has 1 aromatic carbocycles. The van der Waals surface area contributed by atoms with Crippen LogP contribution in [0, 0.1) is 17.0 Å². The van der Waals surface area contributed by atoms with Gasteiger partial charge in [-0.15, -0.1) is 0 Å². The van der Waals surface area contributed by atoms with Crippen LogP contribution in [-0.2, 0) is 9.53 Å². The zero-order valence-electron chi connectivity index (χ0n) is 12.4. The summed E-state index contributed by atoms with van der Waals surface area (Å²) < 4.78 is 4.75. The predicted octanol–water partition coefficient (Wildman–Crippen LogP) is 2.83. The van der Waals surface area contributed by atoms with Crippen LogP contribution in [0.4, 0.5) is 11.4 Å². The van der Waals surface area contributed by atoms with Crippen molar-refractivity contribution < 1.29 is 14.5 Å². The van der Waals surface area contributed by atoms with E-state index in [1.54, 1.807) is 6.07 Å². The Kier molecular flexibility index (Phi) is 4.77. The summed E-state index contributed by atoms with van der Waals surface area (Å²) in [5.74, 6) is -0.275. The molecule has 0 aromatic heterocycles. The third kappa shape index (κ3) is 3.32. The molecule has 1 saturated heterocycles. The maximum Gasteiger partial charge on any atom is 0.307 e. The minimum atomic E-state index is -0.355. The Morgan fingerprint density at radius 1 is 1.48 bits per heavy atom. The second-order valence-corrected chi connectivity index (χ2v) is 5.32. The van der Waals surface area contributed by atoms with E-state index in [2.05, 4.69) is 0 Å². The summed E-state index contributed by atoms with van der Waals surface area (Å²) in [5, 5.41) is 11.3. The van der Waals surface area contributed by atoms with Crippen LogP contribution in [0.15, 0.2) is 18.2 Å². The van der Waals surface area contributed by atoms with Gasteiger partial charge in [-0.25, -0.2) is 0 Å². The van der Waals surface area contributed by atoms with Gasteiger partial charge in [0.15, 0.2) is 0 Å². The molecule has 0 saturated carbocycles. The number of aryl methyl sites for hydroxylation is 1. The molecule has 1 fully saturated rings. The third-order valence-corrected chi connectivity index (χ3v) is 3.96. The van der Waals surface area contributed by atoms with E-state index in [9.17, 15) is 14.9 Å². The highest BCUT2D eigenvalue weighted by Crippen LogP contribution is 2.36. The molecule has 0 spiro atoms. The average Bonchev–Trinajstić information content (AvgIpc) is 2.47.